The first-order chi connectivity index (χ1) is 9.38. The number of nitrogens with one attached hydrogen (secondary N) is 1. The number of aliphatic hydroxyl groups is 1. The quantitative estimate of drug-likeness (QED) is 0.652. The Labute approximate surface area is 116 Å². The molecule has 2 atom stereocenters. The van der Waals surface area contributed by atoms with E-state index in [1.54, 1.807) is 6.07 Å². The summed E-state index contributed by atoms with van der Waals surface area (Å²) in [4.78, 5) is 10.5. The minimum absolute atomic E-state index is 0.0156. The molecule has 0 unspecified atom stereocenters. The van der Waals surface area contributed by atoms with Gasteiger partial charge in [-0.05, 0) is 32.8 Å². The first kappa shape index (κ1) is 13.3. The molecule has 1 aromatic carbocycles. The van der Waals surface area contributed by atoms with E-state index >= 15 is 0 Å². The molecule has 0 amide bonds. The number of nitro groups is 1. The second-order valence-corrected chi connectivity index (χ2v) is 6.05. The summed E-state index contributed by atoms with van der Waals surface area (Å²) < 4.78 is 5.79. The van der Waals surface area contributed by atoms with Crippen molar-refractivity contribution in [2.45, 2.75) is 50.5 Å². The zero-order valence-corrected chi connectivity index (χ0v) is 11.5. The molecule has 1 saturated carbocycles. The van der Waals surface area contributed by atoms with Gasteiger partial charge in [-0.1, -0.05) is 0 Å². The number of aliphatic hydroxyl groups excluding tert-OH is 1. The Morgan fingerprint density at radius 1 is 1.45 bits per heavy atom. The molecule has 1 aliphatic heterocycles. The lowest BCUT2D eigenvalue weighted by molar-refractivity contribution is -0.385. The van der Waals surface area contributed by atoms with Crippen LogP contribution in [0.2, 0.25) is 0 Å². The number of nitrogens with zero attached hydrogens (tertiary/aromatic N) is 1. The van der Waals surface area contributed by atoms with Gasteiger partial charge in [-0.2, -0.15) is 0 Å². The largest absolute Gasteiger partial charge is 0.485 e. The van der Waals surface area contributed by atoms with Crippen LogP contribution in [-0.2, 0) is 0 Å². The van der Waals surface area contributed by atoms with Crippen LogP contribution in [0.5, 0.6) is 5.75 Å². The van der Waals surface area contributed by atoms with Crippen molar-refractivity contribution in [2.75, 3.05) is 0 Å². The van der Waals surface area contributed by atoms with Gasteiger partial charge in [0.2, 0.25) is 0 Å². The maximum Gasteiger partial charge on any atom is 0.270 e. The van der Waals surface area contributed by atoms with Crippen molar-refractivity contribution >= 4 is 5.69 Å². The average Bonchev–Trinajstić information content (AvgIpc) is 3.18. The Morgan fingerprint density at radius 3 is 2.75 bits per heavy atom. The summed E-state index contributed by atoms with van der Waals surface area (Å²) in [5, 5.41) is 24.8. The van der Waals surface area contributed by atoms with Gasteiger partial charge in [-0.15, -0.1) is 0 Å². The Balaban J connectivity index is 2.03. The van der Waals surface area contributed by atoms with E-state index < -0.39 is 16.6 Å². The number of fused-ring (bicyclic) bond motifs is 1. The molecule has 1 fully saturated rings. The smallest absolute Gasteiger partial charge is 0.270 e. The van der Waals surface area contributed by atoms with E-state index in [0.29, 0.717) is 17.4 Å². The van der Waals surface area contributed by atoms with E-state index in [-0.39, 0.29) is 11.7 Å². The molecule has 6 nitrogen and oxygen atoms in total. The highest BCUT2D eigenvalue weighted by molar-refractivity contribution is 5.48. The van der Waals surface area contributed by atoms with Crippen molar-refractivity contribution in [3.8, 4) is 5.75 Å². The minimum atomic E-state index is -0.752. The van der Waals surface area contributed by atoms with Crippen LogP contribution < -0.4 is 10.1 Å². The van der Waals surface area contributed by atoms with Gasteiger partial charge < -0.3 is 15.2 Å². The second kappa shape index (κ2) is 4.43. The highest BCUT2D eigenvalue weighted by atomic mass is 16.6. The average molecular weight is 278 g/mol. The van der Waals surface area contributed by atoms with Crippen LogP contribution in [0.25, 0.3) is 0 Å². The topological polar surface area (TPSA) is 84.6 Å². The monoisotopic (exact) mass is 278 g/mol. The first-order valence-corrected chi connectivity index (χ1v) is 6.80. The van der Waals surface area contributed by atoms with Crippen LogP contribution in [-0.4, -0.2) is 27.8 Å². The molecule has 0 radical (unpaired) electrons. The molecule has 1 heterocycles. The van der Waals surface area contributed by atoms with E-state index in [2.05, 4.69) is 5.32 Å². The SMILES string of the molecule is CC1(C)Oc2ccc([N+](=O)[O-])cc2[C@@H](NC2CC2)[C@@H]1O. The molecular formula is C14H18N2O4. The van der Waals surface area contributed by atoms with Gasteiger partial charge in [0.05, 0.1) is 11.0 Å². The van der Waals surface area contributed by atoms with Gasteiger partial charge >= 0.3 is 0 Å². The van der Waals surface area contributed by atoms with E-state index in [9.17, 15) is 15.2 Å². The molecule has 3 rings (SSSR count). The summed E-state index contributed by atoms with van der Waals surface area (Å²) in [5.74, 6) is 0.601. The molecule has 0 bridgehead atoms. The van der Waals surface area contributed by atoms with Crippen molar-refractivity contribution in [1.82, 2.24) is 5.32 Å². The molecule has 0 spiro atoms. The highest BCUT2D eigenvalue weighted by Gasteiger charge is 2.45. The van der Waals surface area contributed by atoms with Gasteiger partial charge in [-0.25, -0.2) is 0 Å². The summed E-state index contributed by atoms with van der Waals surface area (Å²) in [6.07, 6.45) is 1.40. The fourth-order valence-electron chi connectivity index (χ4n) is 2.59. The molecular weight excluding hydrogens is 260 g/mol. The van der Waals surface area contributed by atoms with Gasteiger partial charge in [0.25, 0.3) is 5.69 Å². The van der Waals surface area contributed by atoms with Crippen LogP contribution in [0, 0.1) is 10.1 Å². The Kier molecular flexibility index (Phi) is 2.95. The third-order valence-electron chi connectivity index (χ3n) is 3.93. The van der Waals surface area contributed by atoms with E-state index in [1.165, 1.54) is 12.1 Å². The van der Waals surface area contributed by atoms with Gasteiger partial charge in [0.15, 0.2) is 0 Å². The zero-order valence-electron chi connectivity index (χ0n) is 11.5. The number of rotatable bonds is 3. The summed E-state index contributed by atoms with van der Waals surface area (Å²) in [6, 6.07) is 4.59. The number of hydrogen-bond donors (Lipinski definition) is 2. The second-order valence-electron chi connectivity index (χ2n) is 6.05. The summed E-state index contributed by atoms with van der Waals surface area (Å²) in [6.45, 7) is 3.65. The van der Waals surface area contributed by atoms with Gasteiger partial charge in [-0.3, -0.25) is 10.1 Å². The zero-order chi connectivity index (χ0) is 14.5. The summed E-state index contributed by atoms with van der Waals surface area (Å²) in [5.41, 5.74) is -0.0461. The normalized spacial score (nSPS) is 27.6. The van der Waals surface area contributed by atoms with Crippen molar-refractivity contribution in [2.24, 2.45) is 0 Å². The number of hydrogen-bond acceptors (Lipinski definition) is 5. The van der Waals surface area contributed by atoms with Crippen LogP contribution in [0.4, 0.5) is 5.69 Å². The Bertz CT molecular complexity index is 554. The highest BCUT2D eigenvalue weighted by Crippen LogP contribution is 2.42. The van der Waals surface area contributed by atoms with Crippen LogP contribution >= 0.6 is 0 Å². The fourth-order valence-corrected chi connectivity index (χ4v) is 2.59. The van der Waals surface area contributed by atoms with Crippen LogP contribution in [0.3, 0.4) is 0 Å². The third kappa shape index (κ3) is 2.25. The lowest BCUT2D eigenvalue weighted by Crippen LogP contribution is -2.52. The molecule has 2 N–H and O–H groups in total. The Morgan fingerprint density at radius 2 is 2.15 bits per heavy atom. The van der Waals surface area contributed by atoms with Crippen molar-refractivity contribution in [3.63, 3.8) is 0 Å². The molecule has 0 aromatic heterocycles. The lowest BCUT2D eigenvalue weighted by atomic mass is 9.86. The number of nitro benzene ring substituents is 1. The summed E-state index contributed by atoms with van der Waals surface area (Å²) in [7, 11) is 0. The van der Waals surface area contributed by atoms with Crippen molar-refractivity contribution in [1.29, 1.82) is 0 Å². The molecule has 1 aliphatic carbocycles. The molecule has 0 saturated heterocycles. The van der Waals surface area contributed by atoms with Crippen molar-refractivity contribution < 1.29 is 14.8 Å². The number of benzene rings is 1. The molecule has 1 aromatic rings. The van der Waals surface area contributed by atoms with Gasteiger partial charge in [0.1, 0.15) is 17.5 Å². The standard InChI is InChI=1S/C14H18N2O4/c1-14(2)13(17)12(15-8-3-4-8)10-7-9(16(18)19)5-6-11(10)20-14/h5-8,12-13,15,17H,3-4H2,1-2H3/t12-,13+/m1/s1. The molecule has 108 valence electrons. The molecule has 2 aliphatic rings. The van der Waals surface area contributed by atoms with E-state index in [4.69, 9.17) is 4.74 Å². The van der Waals surface area contributed by atoms with Gasteiger partial charge in [0, 0.05) is 23.7 Å². The third-order valence-corrected chi connectivity index (χ3v) is 3.93. The lowest BCUT2D eigenvalue weighted by Gasteiger charge is -2.42. The van der Waals surface area contributed by atoms with E-state index in [1.807, 2.05) is 13.8 Å². The van der Waals surface area contributed by atoms with Crippen LogP contribution in [0.15, 0.2) is 18.2 Å². The molecule has 6 heteroatoms. The minimum Gasteiger partial charge on any atom is -0.485 e. The number of ether oxygens (including phenoxy) is 1. The fraction of sp³-hybridized carbons (Fsp3) is 0.571. The maximum absolute atomic E-state index is 10.9. The van der Waals surface area contributed by atoms with Crippen molar-refractivity contribution in [3.05, 3.63) is 33.9 Å². The molecule has 20 heavy (non-hydrogen) atoms. The van der Waals surface area contributed by atoms with Crippen LogP contribution in [0.1, 0.15) is 38.3 Å². The maximum atomic E-state index is 10.9. The predicted molar refractivity (Wildman–Crippen MR) is 72.7 cm³/mol. The first-order valence-electron chi connectivity index (χ1n) is 6.80. The number of non-ortho nitro benzene ring substituents is 1. The predicted octanol–water partition coefficient (Wildman–Crippen LogP) is 1.92. The Hall–Kier alpha value is -1.66. The summed E-state index contributed by atoms with van der Waals surface area (Å²) >= 11 is 0. The van der Waals surface area contributed by atoms with E-state index in [0.717, 1.165) is 12.8 Å².